The fraction of sp³-hybridized carbons (Fsp3) is 0.474. The zero-order valence-corrected chi connectivity index (χ0v) is 14.8. The molecule has 1 aromatic heterocycles. The second-order valence-electron chi connectivity index (χ2n) is 7.06. The fourth-order valence-electron chi connectivity index (χ4n) is 3.82. The molecule has 0 saturated carbocycles. The summed E-state index contributed by atoms with van der Waals surface area (Å²) in [4.78, 5) is 28.5. The van der Waals surface area contributed by atoms with Crippen molar-refractivity contribution >= 4 is 17.5 Å². The number of piperidine rings is 1. The van der Waals surface area contributed by atoms with Gasteiger partial charge in [-0.15, -0.1) is 5.10 Å². The lowest BCUT2D eigenvalue weighted by Crippen LogP contribution is -2.39. The molecule has 1 aromatic carbocycles. The van der Waals surface area contributed by atoms with Crippen LogP contribution in [-0.4, -0.2) is 51.3 Å². The van der Waals surface area contributed by atoms with E-state index in [2.05, 4.69) is 10.3 Å². The van der Waals surface area contributed by atoms with Crippen molar-refractivity contribution in [2.24, 2.45) is 5.92 Å². The molecule has 2 aromatic rings. The van der Waals surface area contributed by atoms with Crippen molar-refractivity contribution in [2.45, 2.75) is 32.2 Å². The first-order chi connectivity index (χ1) is 12.7. The quantitative estimate of drug-likeness (QED) is 0.842. The number of likely N-dealkylation sites (tertiary alicyclic amines) is 1. The van der Waals surface area contributed by atoms with E-state index in [4.69, 9.17) is 0 Å². The van der Waals surface area contributed by atoms with Gasteiger partial charge in [0.2, 0.25) is 5.91 Å². The molecule has 0 N–H and O–H groups in total. The smallest absolute Gasteiger partial charge is 0.253 e. The molecule has 0 bridgehead atoms. The molecule has 2 aliphatic heterocycles. The third-order valence-electron chi connectivity index (χ3n) is 5.30. The molecule has 2 saturated heterocycles. The predicted octanol–water partition coefficient (Wildman–Crippen LogP) is 1.96. The van der Waals surface area contributed by atoms with Crippen molar-refractivity contribution in [2.75, 3.05) is 24.5 Å². The molecule has 2 aliphatic rings. The summed E-state index contributed by atoms with van der Waals surface area (Å²) in [6, 6.07) is 7.47. The van der Waals surface area contributed by atoms with E-state index in [0.29, 0.717) is 17.9 Å². The molecule has 0 spiro atoms. The summed E-state index contributed by atoms with van der Waals surface area (Å²) < 4.78 is 1.86. The van der Waals surface area contributed by atoms with Gasteiger partial charge in [-0.05, 0) is 43.4 Å². The zero-order chi connectivity index (χ0) is 17.9. The van der Waals surface area contributed by atoms with Crippen molar-refractivity contribution in [3.05, 3.63) is 42.2 Å². The number of aromatic nitrogens is 3. The molecular weight excluding hydrogens is 330 g/mol. The second kappa shape index (κ2) is 7.27. The first kappa shape index (κ1) is 16.8. The Balaban J connectivity index is 1.38. The maximum atomic E-state index is 12.9. The van der Waals surface area contributed by atoms with Crippen LogP contribution in [0, 0.1) is 5.92 Å². The molecule has 2 amide bonds. The Bertz CT molecular complexity index is 781. The van der Waals surface area contributed by atoms with Crippen LogP contribution in [0.25, 0.3) is 0 Å². The molecule has 0 atom stereocenters. The molecular formula is C19H23N5O2. The van der Waals surface area contributed by atoms with Crippen LogP contribution in [0.5, 0.6) is 0 Å². The SMILES string of the molecule is O=C(c1cccc(N2CCCC2=O)c1)N1CCC(Cn2ccnn2)CC1. The normalized spacial score (nSPS) is 18.5. The van der Waals surface area contributed by atoms with Gasteiger partial charge in [-0.2, -0.15) is 0 Å². The average molecular weight is 353 g/mol. The molecule has 7 heteroatoms. The lowest BCUT2D eigenvalue weighted by atomic mass is 9.96. The van der Waals surface area contributed by atoms with Gasteiger partial charge in [0.05, 0.1) is 6.20 Å². The van der Waals surface area contributed by atoms with Crippen LogP contribution in [0.15, 0.2) is 36.7 Å². The van der Waals surface area contributed by atoms with Crippen LogP contribution in [0.4, 0.5) is 5.69 Å². The Morgan fingerprint density at radius 2 is 2.04 bits per heavy atom. The number of benzene rings is 1. The molecule has 2 fully saturated rings. The van der Waals surface area contributed by atoms with Gasteiger partial charge in [0.1, 0.15) is 0 Å². The summed E-state index contributed by atoms with van der Waals surface area (Å²) in [6.07, 6.45) is 6.99. The Hall–Kier alpha value is -2.70. The van der Waals surface area contributed by atoms with Crippen LogP contribution in [0.2, 0.25) is 0 Å². The second-order valence-corrected chi connectivity index (χ2v) is 7.06. The van der Waals surface area contributed by atoms with Crippen LogP contribution in [-0.2, 0) is 11.3 Å². The maximum Gasteiger partial charge on any atom is 0.253 e. The fourth-order valence-corrected chi connectivity index (χ4v) is 3.82. The molecule has 136 valence electrons. The summed E-state index contributed by atoms with van der Waals surface area (Å²) in [5, 5.41) is 7.86. The lowest BCUT2D eigenvalue weighted by Gasteiger charge is -2.32. The third-order valence-corrected chi connectivity index (χ3v) is 5.30. The number of anilines is 1. The van der Waals surface area contributed by atoms with Crippen molar-refractivity contribution in [3.63, 3.8) is 0 Å². The van der Waals surface area contributed by atoms with Gasteiger partial charge in [-0.3, -0.25) is 14.3 Å². The Morgan fingerprint density at radius 3 is 2.73 bits per heavy atom. The standard InChI is InChI=1S/C19H23N5O2/c25-18-5-2-9-24(18)17-4-1-3-16(13-17)19(26)22-10-6-15(7-11-22)14-23-12-8-20-21-23/h1,3-4,8,12-13,15H,2,5-7,9-11,14H2. The van der Waals surface area contributed by atoms with E-state index >= 15 is 0 Å². The molecule has 26 heavy (non-hydrogen) atoms. The molecule has 0 aliphatic carbocycles. The minimum atomic E-state index is 0.0534. The Labute approximate surface area is 152 Å². The number of hydrogen-bond donors (Lipinski definition) is 0. The summed E-state index contributed by atoms with van der Waals surface area (Å²) in [7, 11) is 0. The summed E-state index contributed by atoms with van der Waals surface area (Å²) >= 11 is 0. The van der Waals surface area contributed by atoms with Gasteiger partial charge in [0, 0.05) is 50.0 Å². The number of hydrogen-bond acceptors (Lipinski definition) is 4. The van der Waals surface area contributed by atoms with Crippen LogP contribution >= 0.6 is 0 Å². The largest absolute Gasteiger partial charge is 0.339 e. The van der Waals surface area contributed by atoms with Gasteiger partial charge >= 0.3 is 0 Å². The number of amides is 2. The lowest BCUT2D eigenvalue weighted by molar-refractivity contribution is -0.117. The highest BCUT2D eigenvalue weighted by Gasteiger charge is 2.26. The number of carbonyl (C=O) groups is 2. The molecule has 7 nitrogen and oxygen atoms in total. The summed E-state index contributed by atoms with van der Waals surface area (Å²) in [5.41, 5.74) is 1.50. The van der Waals surface area contributed by atoms with Crippen molar-refractivity contribution in [1.82, 2.24) is 19.9 Å². The van der Waals surface area contributed by atoms with Gasteiger partial charge < -0.3 is 9.80 Å². The molecule has 4 rings (SSSR count). The van der Waals surface area contributed by atoms with Gasteiger partial charge in [-0.1, -0.05) is 11.3 Å². The van der Waals surface area contributed by atoms with Gasteiger partial charge in [-0.25, -0.2) is 0 Å². The van der Waals surface area contributed by atoms with E-state index in [9.17, 15) is 9.59 Å². The molecule has 0 radical (unpaired) electrons. The number of rotatable bonds is 4. The monoisotopic (exact) mass is 353 g/mol. The Morgan fingerprint density at radius 1 is 1.19 bits per heavy atom. The Kier molecular flexibility index (Phi) is 4.69. The summed E-state index contributed by atoms with van der Waals surface area (Å²) in [6.45, 7) is 3.11. The summed E-state index contributed by atoms with van der Waals surface area (Å²) in [5.74, 6) is 0.718. The van der Waals surface area contributed by atoms with E-state index < -0.39 is 0 Å². The molecule has 0 unspecified atom stereocenters. The van der Waals surface area contributed by atoms with E-state index in [0.717, 1.165) is 51.1 Å². The van der Waals surface area contributed by atoms with Gasteiger partial charge in [0.15, 0.2) is 0 Å². The van der Waals surface area contributed by atoms with E-state index in [1.54, 1.807) is 11.1 Å². The van der Waals surface area contributed by atoms with Crippen molar-refractivity contribution in [3.8, 4) is 0 Å². The number of nitrogens with zero attached hydrogens (tertiary/aromatic N) is 5. The highest BCUT2D eigenvalue weighted by atomic mass is 16.2. The highest BCUT2D eigenvalue weighted by Crippen LogP contribution is 2.24. The van der Waals surface area contributed by atoms with Gasteiger partial charge in [0.25, 0.3) is 5.91 Å². The van der Waals surface area contributed by atoms with E-state index in [-0.39, 0.29) is 11.8 Å². The van der Waals surface area contributed by atoms with Crippen LogP contribution < -0.4 is 4.90 Å². The minimum absolute atomic E-state index is 0.0534. The minimum Gasteiger partial charge on any atom is -0.339 e. The van der Waals surface area contributed by atoms with Crippen LogP contribution in [0.1, 0.15) is 36.0 Å². The van der Waals surface area contributed by atoms with Crippen molar-refractivity contribution < 1.29 is 9.59 Å². The zero-order valence-electron chi connectivity index (χ0n) is 14.8. The van der Waals surface area contributed by atoms with E-state index in [1.165, 1.54) is 0 Å². The predicted molar refractivity (Wildman–Crippen MR) is 96.7 cm³/mol. The first-order valence-electron chi connectivity index (χ1n) is 9.24. The third kappa shape index (κ3) is 3.47. The van der Waals surface area contributed by atoms with Crippen LogP contribution in [0.3, 0.4) is 0 Å². The topological polar surface area (TPSA) is 71.3 Å². The number of carbonyl (C=O) groups excluding carboxylic acids is 2. The van der Waals surface area contributed by atoms with E-state index in [1.807, 2.05) is 40.0 Å². The van der Waals surface area contributed by atoms with Crippen molar-refractivity contribution in [1.29, 1.82) is 0 Å². The highest BCUT2D eigenvalue weighted by molar-refractivity contribution is 5.99. The average Bonchev–Trinajstić information content (AvgIpc) is 3.33. The first-order valence-corrected chi connectivity index (χ1v) is 9.24. The molecule has 3 heterocycles. The maximum absolute atomic E-state index is 12.9.